The van der Waals surface area contributed by atoms with Gasteiger partial charge in [-0.15, -0.1) is 0 Å². The van der Waals surface area contributed by atoms with Gasteiger partial charge >= 0.3 is 0 Å². The van der Waals surface area contributed by atoms with E-state index in [1.807, 2.05) is 30.4 Å². The molecule has 0 N–H and O–H groups in total. The number of benzene rings is 1. The zero-order valence-electron chi connectivity index (χ0n) is 8.49. The molecule has 1 heteroatoms. The van der Waals surface area contributed by atoms with Gasteiger partial charge < -0.3 is 0 Å². The number of hydrogen-bond acceptors (Lipinski definition) is 1. The van der Waals surface area contributed by atoms with Crippen molar-refractivity contribution >= 4 is 17.0 Å². The maximum atomic E-state index is 4.61. The van der Waals surface area contributed by atoms with Crippen LogP contribution in [-0.2, 0) is 0 Å². The summed E-state index contributed by atoms with van der Waals surface area (Å²) in [4.78, 5) is 4.61. The van der Waals surface area contributed by atoms with E-state index in [0.29, 0.717) is 0 Å². The minimum absolute atomic E-state index is 1.02. The number of pyridine rings is 1. The van der Waals surface area contributed by atoms with Gasteiger partial charge in [-0.05, 0) is 19.1 Å². The van der Waals surface area contributed by atoms with E-state index in [0.717, 1.165) is 16.8 Å². The molecule has 1 heterocycles. The average Bonchev–Trinajstić information content (AvgIpc) is 2.30. The molecular formula is C14H10N+. The van der Waals surface area contributed by atoms with Crippen molar-refractivity contribution in [3.05, 3.63) is 59.3 Å². The Bertz CT molecular complexity index is 592. The second kappa shape index (κ2) is 3.01. The molecule has 0 bridgehead atoms. The first-order valence-electron chi connectivity index (χ1n) is 5.02. The van der Waals surface area contributed by atoms with E-state index in [4.69, 9.17) is 0 Å². The number of aryl methyl sites for hydroxylation is 1. The highest BCUT2D eigenvalue weighted by Gasteiger charge is 2.17. The predicted molar refractivity (Wildman–Crippen MR) is 62.4 cm³/mol. The standard InChI is InChI=1S/C14H10N/c1-10-11-6-2-4-8-13(11)15-14-9-5-3-7-12(10)14/h2-6,8-9H,1H3/q+1. The summed E-state index contributed by atoms with van der Waals surface area (Å²) in [5, 5.41) is 1.22. The van der Waals surface area contributed by atoms with Crippen molar-refractivity contribution in [1.29, 1.82) is 0 Å². The Balaban J connectivity index is 2.48. The minimum atomic E-state index is 1.02. The number of allylic oxidation sites excluding steroid dienone is 2. The van der Waals surface area contributed by atoms with E-state index in [9.17, 15) is 0 Å². The van der Waals surface area contributed by atoms with Crippen LogP contribution in [0.5, 0.6) is 0 Å². The quantitative estimate of drug-likeness (QED) is 0.584. The molecule has 0 saturated carbocycles. The molecule has 1 aliphatic carbocycles. The van der Waals surface area contributed by atoms with Crippen molar-refractivity contribution in [2.75, 3.05) is 0 Å². The van der Waals surface area contributed by atoms with Gasteiger partial charge in [0, 0.05) is 23.6 Å². The van der Waals surface area contributed by atoms with Crippen molar-refractivity contribution in [1.82, 2.24) is 4.98 Å². The Kier molecular flexibility index (Phi) is 1.67. The first kappa shape index (κ1) is 8.34. The highest BCUT2D eigenvalue weighted by atomic mass is 14.7. The molecule has 15 heavy (non-hydrogen) atoms. The molecule has 0 unspecified atom stereocenters. The summed E-state index contributed by atoms with van der Waals surface area (Å²) >= 11 is 0. The number of para-hydroxylation sites is 1. The molecule has 2 aromatic rings. The molecule has 0 saturated heterocycles. The fourth-order valence-corrected chi connectivity index (χ4v) is 1.97. The highest BCUT2D eigenvalue weighted by molar-refractivity contribution is 5.85. The second-order valence-corrected chi connectivity index (χ2v) is 3.68. The molecular weight excluding hydrogens is 182 g/mol. The number of rotatable bonds is 0. The van der Waals surface area contributed by atoms with Gasteiger partial charge in [0.25, 0.3) is 0 Å². The van der Waals surface area contributed by atoms with Gasteiger partial charge in [-0.25, -0.2) is 0 Å². The Morgan fingerprint density at radius 3 is 3.00 bits per heavy atom. The minimum Gasteiger partial charge on any atom is -0.196 e. The van der Waals surface area contributed by atoms with E-state index < -0.39 is 0 Å². The van der Waals surface area contributed by atoms with Gasteiger partial charge in [0.15, 0.2) is 11.3 Å². The van der Waals surface area contributed by atoms with Crippen molar-refractivity contribution in [2.24, 2.45) is 0 Å². The van der Waals surface area contributed by atoms with E-state index in [2.05, 4.69) is 30.1 Å². The van der Waals surface area contributed by atoms with Crippen LogP contribution in [0.15, 0.2) is 36.4 Å². The maximum absolute atomic E-state index is 4.61. The third kappa shape index (κ3) is 1.18. The first-order valence-corrected chi connectivity index (χ1v) is 5.02. The lowest BCUT2D eigenvalue weighted by Crippen LogP contribution is -1.96. The van der Waals surface area contributed by atoms with Gasteiger partial charge in [-0.2, -0.15) is 4.98 Å². The maximum Gasteiger partial charge on any atom is 0.177 e. The van der Waals surface area contributed by atoms with Gasteiger partial charge in [0.2, 0.25) is 0 Å². The lowest BCUT2D eigenvalue weighted by molar-refractivity contribution is 1.28. The molecule has 1 nitrogen and oxygen atoms in total. The Morgan fingerprint density at radius 1 is 1.20 bits per heavy atom. The smallest absolute Gasteiger partial charge is 0.177 e. The van der Waals surface area contributed by atoms with E-state index in [1.165, 1.54) is 10.9 Å². The van der Waals surface area contributed by atoms with E-state index in [-0.39, 0.29) is 0 Å². The summed E-state index contributed by atoms with van der Waals surface area (Å²) < 4.78 is 0. The van der Waals surface area contributed by atoms with Crippen molar-refractivity contribution < 1.29 is 0 Å². The molecule has 0 atom stereocenters. The van der Waals surface area contributed by atoms with Crippen LogP contribution in [-0.4, -0.2) is 4.98 Å². The Hall–Kier alpha value is -1.98. The van der Waals surface area contributed by atoms with Crippen LogP contribution >= 0.6 is 0 Å². The number of hydrogen-bond donors (Lipinski definition) is 0. The fraction of sp³-hybridized carbons (Fsp3) is 0.0714. The van der Waals surface area contributed by atoms with Crippen molar-refractivity contribution in [3.63, 3.8) is 0 Å². The number of nitrogens with zero attached hydrogens (tertiary/aromatic N) is 1. The van der Waals surface area contributed by atoms with Gasteiger partial charge in [0.05, 0.1) is 17.2 Å². The summed E-state index contributed by atoms with van der Waals surface area (Å²) in [5.41, 5.74) is 4.46. The van der Waals surface area contributed by atoms with Crippen LogP contribution in [0.1, 0.15) is 16.8 Å². The van der Waals surface area contributed by atoms with Gasteiger partial charge in [0.1, 0.15) is 0 Å². The summed E-state index contributed by atoms with van der Waals surface area (Å²) in [6.45, 7) is 2.13. The molecule has 1 aromatic carbocycles. The number of aromatic nitrogens is 1. The van der Waals surface area contributed by atoms with Crippen LogP contribution in [0.4, 0.5) is 0 Å². The second-order valence-electron chi connectivity index (χ2n) is 3.68. The molecule has 0 fully saturated rings. The van der Waals surface area contributed by atoms with E-state index in [1.54, 1.807) is 0 Å². The molecule has 70 valence electrons. The number of fused-ring (bicyclic) bond motifs is 2. The molecule has 1 aliphatic rings. The van der Waals surface area contributed by atoms with Crippen molar-refractivity contribution in [2.45, 2.75) is 6.92 Å². The zero-order valence-corrected chi connectivity index (χ0v) is 8.49. The first-order chi connectivity index (χ1) is 7.36. The zero-order chi connectivity index (χ0) is 10.3. The molecule has 0 spiro atoms. The lowest BCUT2D eigenvalue weighted by atomic mass is 9.99. The topological polar surface area (TPSA) is 12.9 Å². The van der Waals surface area contributed by atoms with Crippen LogP contribution in [0.3, 0.4) is 0 Å². The third-order valence-electron chi connectivity index (χ3n) is 2.76. The predicted octanol–water partition coefficient (Wildman–Crippen LogP) is 3.28. The fourth-order valence-electron chi connectivity index (χ4n) is 1.97. The van der Waals surface area contributed by atoms with Crippen LogP contribution < -0.4 is 0 Å². The molecule has 0 radical (unpaired) electrons. The van der Waals surface area contributed by atoms with Gasteiger partial charge in [-0.3, -0.25) is 0 Å². The van der Waals surface area contributed by atoms with Crippen LogP contribution in [0.25, 0.3) is 17.0 Å². The largest absolute Gasteiger partial charge is 0.196 e. The van der Waals surface area contributed by atoms with Crippen LogP contribution in [0, 0.1) is 13.0 Å². The summed E-state index contributed by atoms with van der Waals surface area (Å²) in [6, 6.07) is 8.23. The monoisotopic (exact) mass is 192 g/mol. The Morgan fingerprint density at radius 2 is 2.07 bits per heavy atom. The Labute approximate surface area is 88.8 Å². The van der Waals surface area contributed by atoms with Gasteiger partial charge in [-0.1, -0.05) is 12.1 Å². The molecule has 1 aromatic heterocycles. The lowest BCUT2D eigenvalue weighted by Gasteiger charge is -2.03. The van der Waals surface area contributed by atoms with E-state index >= 15 is 0 Å². The summed E-state index contributed by atoms with van der Waals surface area (Å²) in [5.74, 6) is 0. The third-order valence-corrected chi connectivity index (χ3v) is 2.76. The van der Waals surface area contributed by atoms with Crippen molar-refractivity contribution in [3.8, 4) is 0 Å². The molecule has 3 rings (SSSR count). The summed E-state index contributed by atoms with van der Waals surface area (Å²) in [6.07, 6.45) is 9.19. The molecule has 0 aliphatic heterocycles. The average molecular weight is 192 g/mol. The summed E-state index contributed by atoms with van der Waals surface area (Å²) in [7, 11) is 0. The highest BCUT2D eigenvalue weighted by Crippen LogP contribution is 2.25. The normalized spacial score (nSPS) is 12.6. The molecule has 0 amide bonds. The SMILES string of the molecule is Cc1c2c(nc3ccccc13)C=CC=[C+]2. The van der Waals surface area contributed by atoms with Crippen LogP contribution in [0.2, 0.25) is 0 Å².